The number of hydrogen-bond acceptors (Lipinski definition) is 3. The van der Waals surface area contributed by atoms with Crippen molar-refractivity contribution in [1.82, 2.24) is 0 Å². The second-order valence-corrected chi connectivity index (χ2v) is 3.34. The fourth-order valence-corrected chi connectivity index (χ4v) is 1.42. The minimum atomic E-state index is -1.36. The van der Waals surface area contributed by atoms with E-state index < -0.39 is 18.0 Å². The van der Waals surface area contributed by atoms with Gasteiger partial charge in [0.15, 0.2) is 0 Å². The summed E-state index contributed by atoms with van der Waals surface area (Å²) in [5, 5.41) is 27.4. The van der Waals surface area contributed by atoms with Gasteiger partial charge in [0.1, 0.15) is 11.9 Å². The van der Waals surface area contributed by atoms with E-state index in [4.69, 9.17) is 5.26 Å². The van der Waals surface area contributed by atoms with Crippen molar-refractivity contribution >= 4 is 0 Å². The molecular formula is C11H12FNO2. The van der Waals surface area contributed by atoms with E-state index in [1.165, 1.54) is 12.1 Å². The molecular weight excluding hydrogens is 197 g/mol. The van der Waals surface area contributed by atoms with Crippen LogP contribution >= 0.6 is 0 Å². The van der Waals surface area contributed by atoms with Crippen molar-refractivity contribution in [3.8, 4) is 6.07 Å². The lowest BCUT2D eigenvalue weighted by molar-refractivity contribution is 0.0191. The van der Waals surface area contributed by atoms with Crippen LogP contribution in [0.3, 0.4) is 0 Å². The Bertz CT molecular complexity index is 366. The van der Waals surface area contributed by atoms with Crippen LogP contribution in [0.1, 0.15) is 23.7 Å². The van der Waals surface area contributed by atoms with Crippen molar-refractivity contribution in [3.05, 3.63) is 35.1 Å². The SMILES string of the molecule is Cc1cccc(F)c1C(O)C(O)CC#N. The van der Waals surface area contributed by atoms with Crippen LogP contribution < -0.4 is 0 Å². The number of hydrogen-bond donors (Lipinski definition) is 2. The molecule has 0 spiro atoms. The second-order valence-electron chi connectivity index (χ2n) is 3.34. The molecule has 80 valence electrons. The first kappa shape index (κ1) is 11.6. The average Bonchev–Trinajstić information content (AvgIpc) is 2.17. The predicted molar refractivity (Wildman–Crippen MR) is 52.3 cm³/mol. The van der Waals surface area contributed by atoms with Crippen molar-refractivity contribution in [1.29, 1.82) is 5.26 Å². The third kappa shape index (κ3) is 2.52. The van der Waals surface area contributed by atoms with E-state index in [2.05, 4.69) is 0 Å². The molecule has 0 radical (unpaired) electrons. The van der Waals surface area contributed by atoms with Crippen molar-refractivity contribution < 1.29 is 14.6 Å². The van der Waals surface area contributed by atoms with Gasteiger partial charge in [0, 0.05) is 5.56 Å². The first-order valence-electron chi connectivity index (χ1n) is 4.56. The molecule has 0 amide bonds. The molecule has 2 N–H and O–H groups in total. The van der Waals surface area contributed by atoms with Crippen LogP contribution in [0.2, 0.25) is 0 Å². The second kappa shape index (κ2) is 4.87. The fourth-order valence-electron chi connectivity index (χ4n) is 1.42. The zero-order chi connectivity index (χ0) is 11.4. The minimum absolute atomic E-state index is 0.0558. The van der Waals surface area contributed by atoms with E-state index in [9.17, 15) is 14.6 Å². The van der Waals surface area contributed by atoms with E-state index in [0.717, 1.165) is 0 Å². The Balaban J connectivity index is 3.01. The molecule has 0 fully saturated rings. The van der Waals surface area contributed by atoms with Gasteiger partial charge in [-0.15, -0.1) is 0 Å². The van der Waals surface area contributed by atoms with E-state index in [0.29, 0.717) is 5.56 Å². The van der Waals surface area contributed by atoms with Crippen molar-refractivity contribution in [2.75, 3.05) is 0 Å². The molecule has 0 aliphatic heterocycles. The van der Waals surface area contributed by atoms with E-state index in [-0.39, 0.29) is 12.0 Å². The van der Waals surface area contributed by atoms with Gasteiger partial charge in [-0.1, -0.05) is 12.1 Å². The van der Waals surface area contributed by atoms with E-state index in [1.54, 1.807) is 19.1 Å². The lowest BCUT2D eigenvalue weighted by Gasteiger charge is -2.18. The molecule has 1 aromatic rings. The third-order valence-corrected chi connectivity index (χ3v) is 2.23. The minimum Gasteiger partial charge on any atom is -0.389 e. The number of nitrogens with zero attached hydrogens (tertiary/aromatic N) is 1. The average molecular weight is 209 g/mol. The van der Waals surface area contributed by atoms with Crippen molar-refractivity contribution in [2.24, 2.45) is 0 Å². The van der Waals surface area contributed by atoms with Crippen molar-refractivity contribution in [2.45, 2.75) is 25.6 Å². The summed E-state index contributed by atoms with van der Waals surface area (Å²) in [5.74, 6) is -0.570. The highest BCUT2D eigenvalue weighted by Crippen LogP contribution is 2.24. The monoisotopic (exact) mass is 209 g/mol. The van der Waals surface area contributed by atoms with E-state index >= 15 is 0 Å². The molecule has 0 aliphatic rings. The smallest absolute Gasteiger partial charge is 0.129 e. The molecule has 0 aromatic heterocycles. The van der Waals surface area contributed by atoms with Crippen molar-refractivity contribution in [3.63, 3.8) is 0 Å². The summed E-state index contributed by atoms with van der Waals surface area (Å²) in [5.41, 5.74) is 0.611. The highest BCUT2D eigenvalue weighted by Gasteiger charge is 2.22. The van der Waals surface area contributed by atoms with Gasteiger partial charge in [0.2, 0.25) is 0 Å². The maximum absolute atomic E-state index is 13.3. The molecule has 1 aromatic carbocycles. The fraction of sp³-hybridized carbons (Fsp3) is 0.364. The normalized spacial score (nSPS) is 14.3. The van der Waals surface area contributed by atoms with Crippen LogP contribution in [0.15, 0.2) is 18.2 Å². The van der Waals surface area contributed by atoms with Gasteiger partial charge in [-0.05, 0) is 18.6 Å². The van der Waals surface area contributed by atoms with Gasteiger partial charge >= 0.3 is 0 Å². The van der Waals surface area contributed by atoms with Gasteiger partial charge < -0.3 is 10.2 Å². The Morgan fingerprint density at radius 1 is 1.47 bits per heavy atom. The zero-order valence-electron chi connectivity index (χ0n) is 8.31. The molecule has 0 heterocycles. The molecule has 0 saturated heterocycles. The first-order chi connectivity index (χ1) is 7.07. The number of rotatable bonds is 3. The van der Waals surface area contributed by atoms with E-state index in [1.807, 2.05) is 0 Å². The zero-order valence-corrected chi connectivity index (χ0v) is 8.31. The van der Waals surface area contributed by atoms with Crippen LogP contribution in [-0.4, -0.2) is 16.3 Å². The molecule has 4 heteroatoms. The maximum atomic E-state index is 13.3. The van der Waals surface area contributed by atoms with Gasteiger partial charge in [-0.2, -0.15) is 5.26 Å². The van der Waals surface area contributed by atoms with Crippen LogP contribution in [0, 0.1) is 24.1 Å². The molecule has 3 nitrogen and oxygen atoms in total. The van der Waals surface area contributed by atoms with Crippen LogP contribution in [-0.2, 0) is 0 Å². The largest absolute Gasteiger partial charge is 0.389 e. The molecule has 0 bridgehead atoms. The Hall–Kier alpha value is -1.44. The van der Waals surface area contributed by atoms with Gasteiger partial charge in [-0.25, -0.2) is 4.39 Å². The summed E-state index contributed by atoms with van der Waals surface area (Å²) in [6.07, 6.45) is -2.84. The summed E-state index contributed by atoms with van der Waals surface area (Å²) in [6.45, 7) is 1.64. The van der Waals surface area contributed by atoms with Crippen LogP contribution in [0.25, 0.3) is 0 Å². The highest BCUT2D eigenvalue weighted by molar-refractivity contribution is 5.30. The number of aryl methyl sites for hydroxylation is 1. The standard InChI is InChI=1S/C11H12FNO2/c1-7-3-2-4-8(12)10(7)11(15)9(14)5-6-13/h2-4,9,11,14-15H,5H2,1H3. The van der Waals surface area contributed by atoms with Crippen LogP contribution in [0.4, 0.5) is 4.39 Å². The number of aliphatic hydroxyl groups is 2. The number of aliphatic hydroxyl groups excluding tert-OH is 2. The molecule has 15 heavy (non-hydrogen) atoms. The molecule has 0 saturated carbocycles. The van der Waals surface area contributed by atoms with Gasteiger partial charge in [0.25, 0.3) is 0 Å². The third-order valence-electron chi connectivity index (χ3n) is 2.23. The molecule has 0 aliphatic carbocycles. The summed E-state index contributed by atoms with van der Waals surface area (Å²) in [4.78, 5) is 0. The van der Waals surface area contributed by atoms with Crippen LogP contribution in [0.5, 0.6) is 0 Å². The summed E-state index contributed by atoms with van der Waals surface area (Å²) in [6, 6.07) is 6.10. The Morgan fingerprint density at radius 3 is 2.67 bits per heavy atom. The number of benzene rings is 1. The molecule has 2 atom stereocenters. The van der Waals surface area contributed by atoms with Gasteiger partial charge in [0.05, 0.1) is 18.6 Å². The Kier molecular flexibility index (Phi) is 3.78. The molecule has 1 rings (SSSR count). The Morgan fingerprint density at radius 2 is 2.13 bits per heavy atom. The van der Waals surface area contributed by atoms with Gasteiger partial charge in [-0.3, -0.25) is 0 Å². The quantitative estimate of drug-likeness (QED) is 0.791. The number of nitriles is 1. The summed E-state index contributed by atoms with van der Waals surface area (Å²) < 4.78 is 13.3. The number of halogens is 1. The Labute approximate surface area is 87.4 Å². The topological polar surface area (TPSA) is 64.2 Å². The summed E-state index contributed by atoms with van der Waals surface area (Å²) >= 11 is 0. The highest BCUT2D eigenvalue weighted by atomic mass is 19.1. The lowest BCUT2D eigenvalue weighted by Crippen LogP contribution is -2.19. The lowest BCUT2D eigenvalue weighted by atomic mass is 9.97. The maximum Gasteiger partial charge on any atom is 0.129 e. The molecule has 2 unspecified atom stereocenters. The first-order valence-corrected chi connectivity index (χ1v) is 4.56. The summed E-state index contributed by atoms with van der Waals surface area (Å²) in [7, 11) is 0. The predicted octanol–water partition coefficient (Wildman–Crippen LogP) is 1.44.